The first-order chi connectivity index (χ1) is 15.8. The summed E-state index contributed by atoms with van der Waals surface area (Å²) in [6.45, 7) is 3.60. The van der Waals surface area contributed by atoms with Crippen LogP contribution in [0, 0.1) is 19.7 Å². The Morgan fingerprint density at radius 2 is 2.06 bits per heavy atom. The van der Waals surface area contributed by atoms with Crippen LogP contribution in [0.4, 0.5) is 4.39 Å². The number of pyridine rings is 1. The zero-order valence-corrected chi connectivity index (χ0v) is 19.0. The molecule has 1 aromatic carbocycles. The first-order valence-corrected chi connectivity index (χ1v) is 11.2. The summed E-state index contributed by atoms with van der Waals surface area (Å²) >= 11 is 0. The summed E-state index contributed by atoms with van der Waals surface area (Å²) in [5, 5.41) is 14.6. The van der Waals surface area contributed by atoms with Crippen molar-refractivity contribution in [3.8, 4) is 17.0 Å². The molecule has 2 aliphatic rings. The van der Waals surface area contributed by atoms with Crippen LogP contribution in [0.3, 0.4) is 0 Å². The van der Waals surface area contributed by atoms with Gasteiger partial charge in [0.05, 0.1) is 29.1 Å². The molecule has 5 rings (SSSR count). The number of benzene rings is 1. The molecule has 172 valence electrons. The second-order valence-corrected chi connectivity index (χ2v) is 9.00. The third kappa shape index (κ3) is 3.78. The molecule has 1 fully saturated rings. The van der Waals surface area contributed by atoms with E-state index in [0.717, 1.165) is 35.4 Å². The lowest BCUT2D eigenvalue weighted by atomic mass is 9.96. The molecule has 0 spiro atoms. The van der Waals surface area contributed by atoms with Gasteiger partial charge in [-0.2, -0.15) is 5.10 Å². The van der Waals surface area contributed by atoms with Crippen LogP contribution in [0.25, 0.3) is 11.3 Å². The maximum Gasteiger partial charge on any atom is 0.260 e. The molecule has 1 aliphatic carbocycles. The lowest BCUT2D eigenvalue weighted by molar-refractivity contribution is 0.0115. The molecule has 2 unspecified atom stereocenters. The van der Waals surface area contributed by atoms with Crippen molar-refractivity contribution in [2.45, 2.75) is 51.7 Å². The number of carbonyl (C=O) groups is 1. The van der Waals surface area contributed by atoms with Crippen molar-refractivity contribution in [1.82, 2.24) is 19.7 Å². The fourth-order valence-corrected chi connectivity index (χ4v) is 4.90. The highest BCUT2D eigenvalue weighted by atomic mass is 19.1. The Labute approximate surface area is 191 Å². The van der Waals surface area contributed by atoms with Gasteiger partial charge in [0.25, 0.3) is 5.91 Å². The van der Waals surface area contributed by atoms with Gasteiger partial charge in [-0.05, 0) is 68.4 Å². The van der Waals surface area contributed by atoms with Gasteiger partial charge in [-0.1, -0.05) is 6.07 Å². The fourth-order valence-electron chi connectivity index (χ4n) is 4.90. The Kier molecular flexibility index (Phi) is 5.40. The molecule has 0 radical (unpaired) electrons. The number of fused-ring (bicyclic) bond motifs is 1. The van der Waals surface area contributed by atoms with Gasteiger partial charge in [0, 0.05) is 25.0 Å². The largest absolute Gasteiger partial charge is 0.469 e. The molecule has 2 aromatic heterocycles. The van der Waals surface area contributed by atoms with Crippen molar-refractivity contribution in [1.29, 1.82) is 0 Å². The van der Waals surface area contributed by atoms with E-state index in [0.29, 0.717) is 24.0 Å². The van der Waals surface area contributed by atoms with Gasteiger partial charge in [-0.15, -0.1) is 0 Å². The summed E-state index contributed by atoms with van der Waals surface area (Å²) < 4.78 is 22.6. The van der Waals surface area contributed by atoms with Crippen LogP contribution in [-0.4, -0.2) is 49.6 Å². The zero-order chi connectivity index (χ0) is 23.3. The average molecular weight is 451 g/mol. The van der Waals surface area contributed by atoms with E-state index in [9.17, 15) is 9.90 Å². The first kappa shape index (κ1) is 21.6. The van der Waals surface area contributed by atoms with Gasteiger partial charge >= 0.3 is 0 Å². The predicted molar refractivity (Wildman–Crippen MR) is 120 cm³/mol. The molecule has 33 heavy (non-hydrogen) atoms. The van der Waals surface area contributed by atoms with Gasteiger partial charge < -0.3 is 9.84 Å². The van der Waals surface area contributed by atoms with E-state index in [-0.39, 0.29) is 30.0 Å². The molecule has 1 amide bonds. The number of rotatable bonds is 4. The van der Waals surface area contributed by atoms with E-state index in [1.165, 1.54) is 4.90 Å². The highest BCUT2D eigenvalue weighted by molar-refractivity contribution is 5.98. The number of aryl methyl sites for hydroxylation is 2. The molecule has 8 heteroatoms. The van der Waals surface area contributed by atoms with E-state index in [2.05, 4.69) is 10.1 Å². The van der Waals surface area contributed by atoms with Crippen LogP contribution in [-0.2, 0) is 13.5 Å². The molecule has 0 bridgehead atoms. The molecular weight excluding hydrogens is 423 g/mol. The number of amides is 1. The van der Waals surface area contributed by atoms with E-state index in [1.807, 2.05) is 32.3 Å². The van der Waals surface area contributed by atoms with Crippen LogP contribution in [0.15, 0.2) is 30.6 Å². The van der Waals surface area contributed by atoms with Crippen LogP contribution >= 0.6 is 0 Å². The highest BCUT2D eigenvalue weighted by Gasteiger charge is 2.39. The first-order valence-electron chi connectivity index (χ1n) is 11.2. The number of hydrogen-bond acceptors (Lipinski definition) is 5. The van der Waals surface area contributed by atoms with Crippen molar-refractivity contribution in [2.75, 3.05) is 6.73 Å². The van der Waals surface area contributed by atoms with Crippen molar-refractivity contribution in [2.24, 2.45) is 7.05 Å². The zero-order valence-electron chi connectivity index (χ0n) is 19.0. The Balaban J connectivity index is 1.43. The summed E-state index contributed by atoms with van der Waals surface area (Å²) in [6, 6.07) is 5.33. The Morgan fingerprint density at radius 1 is 1.24 bits per heavy atom. The van der Waals surface area contributed by atoms with Crippen LogP contribution in [0.2, 0.25) is 0 Å². The minimum atomic E-state index is -0.568. The van der Waals surface area contributed by atoms with Crippen molar-refractivity contribution < 1.29 is 19.0 Å². The van der Waals surface area contributed by atoms with Gasteiger partial charge in [0.15, 0.2) is 18.3 Å². The lowest BCUT2D eigenvalue weighted by Crippen LogP contribution is -2.48. The number of nitrogens with zero attached hydrogens (tertiary/aromatic N) is 4. The number of halogens is 1. The van der Waals surface area contributed by atoms with Crippen LogP contribution < -0.4 is 4.74 Å². The van der Waals surface area contributed by atoms with E-state index >= 15 is 4.39 Å². The maximum absolute atomic E-state index is 15.2. The second-order valence-electron chi connectivity index (χ2n) is 9.00. The molecule has 0 saturated heterocycles. The molecule has 3 aromatic rings. The minimum Gasteiger partial charge on any atom is -0.469 e. The fraction of sp³-hybridized carbons (Fsp3) is 0.400. The third-order valence-corrected chi connectivity index (χ3v) is 6.77. The lowest BCUT2D eigenvalue weighted by Gasteiger charge is -2.35. The Hall–Kier alpha value is -3.26. The van der Waals surface area contributed by atoms with Gasteiger partial charge in [0.1, 0.15) is 0 Å². The SMILES string of the molecule is Cc1nn(C)cc1-c1ccc(Cc2cc3c(c(F)c2C)OCN(C2CCCC2O)C3=O)cn1. The number of ether oxygens (including phenoxy) is 1. The number of aliphatic hydroxyl groups excluding tert-OH is 1. The smallest absolute Gasteiger partial charge is 0.260 e. The molecule has 7 nitrogen and oxygen atoms in total. The number of hydrogen-bond donors (Lipinski definition) is 1. The normalized spacial score (nSPS) is 20.2. The topological polar surface area (TPSA) is 80.5 Å². The van der Waals surface area contributed by atoms with Crippen molar-refractivity contribution in [3.05, 3.63) is 64.4 Å². The van der Waals surface area contributed by atoms with Crippen molar-refractivity contribution >= 4 is 5.91 Å². The highest BCUT2D eigenvalue weighted by Crippen LogP contribution is 2.36. The van der Waals surface area contributed by atoms with Crippen molar-refractivity contribution in [3.63, 3.8) is 0 Å². The average Bonchev–Trinajstić information content (AvgIpc) is 3.37. The third-order valence-electron chi connectivity index (χ3n) is 6.77. The molecule has 1 N–H and O–H groups in total. The Morgan fingerprint density at radius 3 is 2.70 bits per heavy atom. The van der Waals surface area contributed by atoms with Crippen LogP contribution in [0.5, 0.6) is 5.75 Å². The minimum absolute atomic E-state index is 0.00510. The maximum atomic E-state index is 15.2. The summed E-state index contributed by atoms with van der Waals surface area (Å²) in [6.07, 6.45) is 5.82. The molecular formula is C25H27FN4O3. The standard InChI is InChI=1S/C25H27FN4O3/c1-14-17(9-16-7-8-20(27-11-16)19-12-29(3)28-15(19)2)10-18-24(23(14)26)33-13-30(25(18)32)21-5-4-6-22(21)31/h7-8,10-12,21-22,31H,4-6,9,13H2,1-3H3. The number of aromatic nitrogens is 3. The number of aliphatic hydroxyl groups is 1. The molecule has 1 aliphatic heterocycles. The Bertz CT molecular complexity index is 1220. The van der Waals surface area contributed by atoms with Gasteiger partial charge in [-0.25, -0.2) is 4.39 Å². The summed E-state index contributed by atoms with van der Waals surface area (Å²) in [4.78, 5) is 19.3. The summed E-state index contributed by atoms with van der Waals surface area (Å²) in [5.74, 6) is -0.786. The molecule has 3 heterocycles. The van der Waals surface area contributed by atoms with Gasteiger partial charge in [0.2, 0.25) is 0 Å². The quantitative estimate of drug-likeness (QED) is 0.658. The molecule has 1 saturated carbocycles. The molecule has 2 atom stereocenters. The number of carbonyl (C=O) groups excluding carboxylic acids is 1. The van der Waals surface area contributed by atoms with Gasteiger partial charge in [-0.3, -0.25) is 19.4 Å². The van der Waals surface area contributed by atoms with E-state index in [1.54, 1.807) is 23.9 Å². The monoisotopic (exact) mass is 450 g/mol. The second kappa shape index (κ2) is 8.26. The van der Waals surface area contributed by atoms with E-state index < -0.39 is 11.9 Å². The summed E-state index contributed by atoms with van der Waals surface area (Å²) in [5.41, 5.74) is 5.00. The predicted octanol–water partition coefficient (Wildman–Crippen LogP) is 3.53. The van der Waals surface area contributed by atoms with E-state index in [4.69, 9.17) is 4.74 Å². The van der Waals surface area contributed by atoms with Crippen LogP contribution in [0.1, 0.15) is 52.0 Å². The summed E-state index contributed by atoms with van der Waals surface area (Å²) in [7, 11) is 1.87.